The second-order valence-corrected chi connectivity index (χ2v) is 5.14. The van der Waals surface area contributed by atoms with Crippen molar-refractivity contribution < 1.29 is 4.79 Å². The van der Waals surface area contributed by atoms with Crippen LogP contribution in [0, 0.1) is 11.3 Å². The van der Waals surface area contributed by atoms with Crippen LogP contribution < -0.4 is 5.32 Å². The number of nitrogens with zero attached hydrogens (tertiary/aromatic N) is 4. The van der Waals surface area contributed by atoms with Gasteiger partial charge in [-0.1, -0.05) is 15.9 Å². The molecule has 0 aliphatic rings. The highest BCUT2D eigenvalue weighted by Crippen LogP contribution is 2.21. The van der Waals surface area contributed by atoms with Crippen molar-refractivity contribution in [3.63, 3.8) is 0 Å². The van der Waals surface area contributed by atoms with Gasteiger partial charge in [0.15, 0.2) is 0 Å². The summed E-state index contributed by atoms with van der Waals surface area (Å²) in [4.78, 5) is 16.3. The van der Waals surface area contributed by atoms with Gasteiger partial charge in [-0.25, -0.2) is 4.52 Å². The first-order valence-corrected chi connectivity index (χ1v) is 6.76. The standard InChI is InChI=1S/C14H8BrN5O/c15-10-1-2-12(9(5-10)6-16)19-14(21)11-7-18-20-4-3-17-8-13(11)20/h1-5,7-8H,(H,19,21). The predicted molar refractivity (Wildman–Crippen MR) is 79.8 cm³/mol. The molecular formula is C14H8BrN5O. The molecule has 0 bridgehead atoms. The molecule has 3 rings (SSSR count). The number of rotatable bonds is 2. The molecule has 2 aromatic heterocycles. The number of amides is 1. The highest BCUT2D eigenvalue weighted by atomic mass is 79.9. The molecule has 1 amide bonds. The van der Waals surface area contributed by atoms with E-state index in [2.05, 4.69) is 31.3 Å². The fourth-order valence-corrected chi connectivity index (χ4v) is 2.28. The summed E-state index contributed by atoms with van der Waals surface area (Å²) >= 11 is 3.29. The van der Waals surface area contributed by atoms with E-state index in [0.717, 1.165) is 4.47 Å². The molecule has 2 heterocycles. The molecule has 0 fully saturated rings. The summed E-state index contributed by atoms with van der Waals surface area (Å²) in [5, 5.41) is 15.9. The zero-order valence-corrected chi connectivity index (χ0v) is 12.2. The molecule has 1 N–H and O–H groups in total. The lowest BCUT2D eigenvalue weighted by atomic mass is 10.2. The molecule has 0 aliphatic heterocycles. The average Bonchev–Trinajstić information content (AvgIpc) is 2.93. The Morgan fingerprint density at radius 2 is 2.24 bits per heavy atom. The molecule has 0 unspecified atom stereocenters. The Kier molecular flexibility index (Phi) is 3.38. The van der Waals surface area contributed by atoms with Gasteiger partial charge in [0.2, 0.25) is 0 Å². The maximum absolute atomic E-state index is 12.3. The summed E-state index contributed by atoms with van der Waals surface area (Å²) < 4.78 is 2.34. The van der Waals surface area contributed by atoms with Gasteiger partial charge < -0.3 is 5.32 Å². The van der Waals surface area contributed by atoms with Crippen molar-refractivity contribution in [3.05, 3.63) is 58.6 Å². The fraction of sp³-hybridized carbons (Fsp3) is 0. The number of benzene rings is 1. The zero-order chi connectivity index (χ0) is 14.8. The van der Waals surface area contributed by atoms with Gasteiger partial charge in [0, 0.05) is 16.9 Å². The number of halogens is 1. The highest BCUT2D eigenvalue weighted by Gasteiger charge is 2.14. The van der Waals surface area contributed by atoms with Gasteiger partial charge in [-0.3, -0.25) is 9.78 Å². The molecule has 1 aromatic carbocycles. The van der Waals surface area contributed by atoms with Crippen molar-refractivity contribution in [1.29, 1.82) is 5.26 Å². The first-order chi connectivity index (χ1) is 10.2. The van der Waals surface area contributed by atoms with E-state index >= 15 is 0 Å². The Hall–Kier alpha value is -2.72. The molecule has 6 nitrogen and oxygen atoms in total. The number of hydrogen-bond acceptors (Lipinski definition) is 4. The van der Waals surface area contributed by atoms with E-state index in [0.29, 0.717) is 22.3 Å². The van der Waals surface area contributed by atoms with E-state index in [-0.39, 0.29) is 5.91 Å². The molecular weight excluding hydrogens is 334 g/mol. The summed E-state index contributed by atoms with van der Waals surface area (Å²) in [5.41, 5.74) is 1.83. The summed E-state index contributed by atoms with van der Waals surface area (Å²) in [6.07, 6.45) is 6.28. The quantitative estimate of drug-likeness (QED) is 0.776. The molecule has 0 saturated carbocycles. The van der Waals surface area contributed by atoms with E-state index in [1.54, 1.807) is 41.3 Å². The predicted octanol–water partition coefficient (Wildman–Crippen LogP) is 2.62. The Bertz CT molecular complexity index is 880. The number of carbonyl (C=O) groups is 1. The van der Waals surface area contributed by atoms with Crippen LogP contribution >= 0.6 is 15.9 Å². The summed E-state index contributed by atoms with van der Waals surface area (Å²) in [6.45, 7) is 0. The second kappa shape index (κ2) is 5.34. The van der Waals surface area contributed by atoms with Crippen molar-refractivity contribution in [2.75, 3.05) is 5.32 Å². The highest BCUT2D eigenvalue weighted by molar-refractivity contribution is 9.10. The topological polar surface area (TPSA) is 83.1 Å². The maximum Gasteiger partial charge on any atom is 0.259 e. The number of anilines is 1. The SMILES string of the molecule is N#Cc1cc(Br)ccc1NC(=O)c1cnn2ccncc12. The first-order valence-electron chi connectivity index (χ1n) is 5.97. The minimum absolute atomic E-state index is 0.336. The van der Waals surface area contributed by atoms with Gasteiger partial charge in [-0.05, 0) is 18.2 Å². The van der Waals surface area contributed by atoms with E-state index < -0.39 is 0 Å². The van der Waals surface area contributed by atoms with Crippen molar-refractivity contribution in [1.82, 2.24) is 14.6 Å². The monoisotopic (exact) mass is 341 g/mol. The largest absolute Gasteiger partial charge is 0.321 e. The Balaban J connectivity index is 1.96. The molecule has 0 spiro atoms. The number of nitrogens with one attached hydrogen (secondary N) is 1. The second-order valence-electron chi connectivity index (χ2n) is 4.22. The molecule has 0 aliphatic carbocycles. The summed E-state index contributed by atoms with van der Waals surface area (Å²) in [5.74, 6) is -0.336. The van der Waals surface area contributed by atoms with Gasteiger partial charge in [0.25, 0.3) is 5.91 Å². The van der Waals surface area contributed by atoms with Gasteiger partial charge >= 0.3 is 0 Å². The Morgan fingerprint density at radius 1 is 1.38 bits per heavy atom. The van der Waals surface area contributed by atoms with E-state index in [1.165, 1.54) is 6.20 Å². The third-order valence-electron chi connectivity index (χ3n) is 2.92. The van der Waals surface area contributed by atoms with E-state index in [9.17, 15) is 4.79 Å². The van der Waals surface area contributed by atoms with Gasteiger partial charge in [-0.2, -0.15) is 10.4 Å². The number of aromatic nitrogens is 3. The lowest BCUT2D eigenvalue weighted by Crippen LogP contribution is -2.12. The zero-order valence-electron chi connectivity index (χ0n) is 10.6. The third kappa shape index (κ3) is 2.49. The molecule has 21 heavy (non-hydrogen) atoms. The van der Waals surface area contributed by atoms with E-state index in [1.807, 2.05) is 6.07 Å². The van der Waals surface area contributed by atoms with Crippen LogP contribution in [0.25, 0.3) is 5.52 Å². The summed E-state index contributed by atoms with van der Waals surface area (Å²) in [7, 11) is 0. The molecule has 3 aromatic rings. The van der Waals surface area contributed by atoms with Crippen molar-refractivity contribution in [2.45, 2.75) is 0 Å². The van der Waals surface area contributed by atoms with Gasteiger partial charge in [-0.15, -0.1) is 0 Å². The number of hydrogen-bond donors (Lipinski definition) is 1. The fourth-order valence-electron chi connectivity index (χ4n) is 1.92. The average molecular weight is 342 g/mol. The number of nitriles is 1. The van der Waals surface area contributed by atoms with Crippen LogP contribution in [-0.2, 0) is 0 Å². The minimum atomic E-state index is -0.336. The number of carbonyl (C=O) groups excluding carboxylic acids is 1. The molecule has 7 heteroatoms. The van der Waals surface area contributed by atoms with Crippen LogP contribution in [0.1, 0.15) is 15.9 Å². The van der Waals surface area contributed by atoms with E-state index in [4.69, 9.17) is 5.26 Å². The van der Waals surface area contributed by atoms with Crippen LogP contribution in [0.3, 0.4) is 0 Å². The van der Waals surface area contributed by atoms with Gasteiger partial charge in [0.05, 0.1) is 34.7 Å². The molecule has 0 radical (unpaired) electrons. The molecule has 102 valence electrons. The first kappa shape index (κ1) is 13.3. The third-order valence-corrected chi connectivity index (χ3v) is 3.41. The van der Waals surface area contributed by atoms with Crippen LogP contribution in [0.2, 0.25) is 0 Å². The lowest BCUT2D eigenvalue weighted by Gasteiger charge is -2.06. The van der Waals surface area contributed by atoms with Crippen molar-refractivity contribution in [2.24, 2.45) is 0 Å². The lowest BCUT2D eigenvalue weighted by molar-refractivity contribution is 0.102. The molecule has 0 saturated heterocycles. The normalized spacial score (nSPS) is 10.3. The Labute approximate surface area is 128 Å². The number of fused-ring (bicyclic) bond motifs is 1. The van der Waals surface area contributed by atoms with Gasteiger partial charge in [0.1, 0.15) is 6.07 Å². The van der Waals surface area contributed by atoms with Crippen LogP contribution in [0.15, 0.2) is 47.5 Å². The maximum atomic E-state index is 12.3. The van der Waals surface area contributed by atoms with Crippen molar-refractivity contribution in [3.8, 4) is 6.07 Å². The summed E-state index contributed by atoms with van der Waals surface area (Å²) in [6, 6.07) is 7.12. The minimum Gasteiger partial charge on any atom is -0.321 e. The Morgan fingerprint density at radius 3 is 3.05 bits per heavy atom. The van der Waals surface area contributed by atoms with Crippen LogP contribution in [0.4, 0.5) is 5.69 Å². The van der Waals surface area contributed by atoms with Crippen molar-refractivity contribution >= 4 is 33.0 Å². The van der Waals surface area contributed by atoms with Crippen LogP contribution in [-0.4, -0.2) is 20.5 Å². The smallest absolute Gasteiger partial charge is 0.259 e. The molecule has 0 atom stereocenters. The van der Waals surface area contributed by atoms with Crippen LogP contribution in [0.5, 0.6) is 0 Å².